The molecule has 0 unspecified atom stereocenters. The molecule has 0 fully saturated rings. The minimum atomic E-state index is -4.54. The van der Waals surface area contributed by atoms with Crippen LogP contribution in [0, 0.1) is 0 Å². The predicted molar refractivity (Wildman–Crippen MR) is 96.3 cm³/mol. The molecule has 27 heavy (non-hydrogen) atoms. The molecule has 2 aromatic carbocycles. The summed E-state index contributed by atoms with van der Waals surface area (Å²) in [6, 6.07) is 11.5. The average molecular weight is 377 g/mol. The van der Waals surface area contributed by atoms with E-state index in [2.05, 4.69) is 24.3 Å². The van der Waals surface area contributed by atoms with Gasteiger partial charge in [-0.2, -0.15) is 18.3 Å². The van der Waals surface area contributed by atoms with Gasteiger partial charge in [0, 0.05) is 5.69 Å². The number of hydrazone groups is 1. The van der Waals surface area contributed by atoms with E-state index in [4.69, 9.17) is 0 Å². The molecule has 142 valence electrons. The number of nitrogens with zero attached hydrogens (tertiary/aromatic N) is 1. The monoisotopic (exact) mass is 377 g/mol. The quantitative estimate of drug-likeness (QED) is 0.482. The van der Waals surface area contributed by atoms with Crippen LogP contribution in [0.15, 0.2) is 53.6 Å². The number of amides is 2. The predicted octanol–water partition coefficient (Wildman–Crippen LogP) is 3.92. The molecule has 0 aliphatic carbocycles. The summed E-state index contributed by atoms with van der Waals surface area (Å²) in [5.41, 5.74) is 2.83. The maximum Gasteiger partial charge on any atom is 0.416 e. The van der Waals surface area contributed by atoms with E-state index in [1.807, 2.05) is 29.7 Å². The Kier molecular flexibility index (Phi) is 6.33. The summed E-state index contributed by atoms with van der Waals surface area (Å²) >= 11 is 0. The molecule has 0 bridgehead atoms. The Balaban J connectivity index is 1.93. The van der Waals surface area contributed by atoms with Crippen LogP contribution in [-0.2, 0) is 15.8 Å². The Morgan fingerprint density at radius 2 is 1.70 bits per heavy atom. The van der Waals surface area contributed by atoms with E-state index in [1.54, 1.807) is 0 Å². The van der Waals surface area contributed by atoms with E-state index in [-0.39, 0.29) is 5.69 Å². The van der Waals surface area contributed by atoms with Crippen molar-refractivity contribution in [1.29, 1.82) is 0 Å². The van der Waals surface area contributed by atoms with Gasteiger partial charge < -0.3 is 5.32 Å². The molecule has 2 aromatic rings. The Morgan fingerprint density at radius 3 is 2.30 bits per heavy atom. The maximum atomic E-state index is 12.6. The molecular formula is C19H18F3N3O2. The maximum absolute atomic E-state index is 12.6. The van der Waals surface area contributed by atoms with Crippen molar-refractivity contribution in [2.75, 3.05) is 5.32 Å². The first-order chi connectivity index (χ1) is 12.7. The Morgan fingerprint density at radius 1 is 1.04 bits per heavy atom. The van der Waals surface area contributed by atoms with E-state index < -0.39 is 23.6 Å². The lowest BCUT2D eigenvalue weighted by Gasteiger charge is -2.09. The van der Waals surface area contributed by atoms with Gasteiger partial charge in [-0.25, -0.2) is 5.43 Å². The zero-order valence-corrected chi connectivity index (χ0v) is 14.7. The van der Waals surface area contributed by atoms with Crippen molar-refractivity contribution in [3.8, 4) is 0 Å². The summed E-state index contributed by atoms with van der Waals surface area (Å²) in [6.45, 7) is 4.12. The van der Waals surface area contributed by atoms with Crippen molar-refractivity contribution in [3.63, 3.8) is 0 Å². The first-order valence-corrected chi connectivity index (χ1v) is 8.08. The summed E-state index contributed by atoms with van der Waals surface area (Å²) < 4.78 is 37.9. The van der Waals surface area contributed by atoms with Crippen LogP contribution in [0.4, 0.5) is 18.9 Å². The van der Waals surface area contributed by atoms with E-state index >= 15 is 0 Å². The lowest BCUT2D eigenvalue weighted by molar-refractivity contribution is -0.137. The third-order valence-electron chi connectivity index (χ3n) is 3.64. The lowest BCUT2D eigenvalue weighted by atomic mass is 10.0. The topological polar surface area (TPSA) is 70.6 Å². The molecule has 0 radical (unpaired) electrons. The van der Waals surface area contributed by atoms with Gasteiger partial charge in [-0.3, -0.25) is 9.59 Å². The number of carbonyl (C=O) groups excluding carboxylic acids is 2. The second-order valence-electron chi connectivity index (χ2n) is 6.05. The molecule has 8 heteroatoms. The van der Waals surface area contributed by atoms with Gasteiger partial charge >= 0.3 is 18.0 Å². The number of alkyl halides is 3. The number of halogens is 3. The second-order valence-corrected chi connectivity index (χ2v) is 6.05. The van der Waals surface area contributed by atoms with Crippen LogP contribution in [0.25, 0.3) is 0 Å². The van der Waals surface area contributed by atoms with Gasteiger partial charge in [-0.05, 0) is 35.2 Å². The highest BCUT2D eigenvalue weighted by Gasteiger charge is 2.30. The highest BCUT2D eigenvalue weighted by Crippen LogP contribution is 2.30. The van der Waals surface area contributed by atoms with Crippen molar-refractivity contribution >= 4 is 23.7 Å². The van der Waals surface area contributed by atoms with Crippen LogP contribution in [0.1, 0.15) is 36.5 Å². The molecule has 0 saturated carbocycles. The van der Waals surface area contributed by atoms with Crippen molar-refractivity contribution in [1.82, 2.24) is 5.43 Å². The SMILES string of the molecule is CC(C)c1ccc(/C=N/NC(=O)C(=O)Nc2cccc(C(F)(F)F)c2)cc1. The third kappa shape index (κ3) is 5.95. The molecule has 0 atom stereocenters. The van der Waals surface area contributed by atoms with Gasteiger partial charge in [-0.15, -0.1) is 0 Å². The van der Waals surface area contributed by atoms with Crippen LogP contribution >= 0.6 is 0 Å². The van der Waals surface area contributed by atoms with E-state index in [1.165, 1.54) is 12.3 Å². The fourth-order valence-electron chi connectivity index (χ4n) is 2.14. The highest BCUT2D eigenvalue weighted by molar-refractivity contribution is 6.39. The molecule has 0 saturated heterocycles. The van der Waals surface area contributed by atoms with Crippen molar-refractivity contribution < 1.29 is 22.8 Å². The number of nitrogens with one attached hydrogen (secondary N) is 2. The van der Waals surface area contributed by atoms with Crippen LogP contribution < -0.4 is 10.7 Å². The van der Waals surface area contributed by atoms with Crippen LogP contribution in [-0.4, -0.2) is 18.0 Å². The van der Waals surface area contributed by atoms with Crippen molar-refractivity contribution in [2.24, 2.45) is 5.10 Å². The minimum absolute atomic E-state index is 0.141. The van der Waals surface area contributed by atoms with Gasteiger partial charge in [0.2, 0.25) is 0 Å². The molecular weight excluding hydrogens is 359 g/mol. The van der Waals surface area contributed by atoms with Crippen LogP contribution in [0.5, 0.6) is 0 Å². The Labute approximate surface area is 154 Å². The second kappa shape index (κ2) is 8.48. The smallest absolute Gasteiger partial charge is 0.318 e. The van der Waals surface area contributed by atoms with Gasteiger partial charge in [0.05, 0.1) is 11.8 Å². The lowest BCUT2D eigenvalue weighted by Crippen LogP contribution is -2.32. The van der Waals surface area contributed by atoms with Crippen LogP contribution in [0.3, 0.4) is 0 Å². The zero-order valence-electron chi connectivity index (χ0n) is 14.7. The van der Waals surface area contributed by atoms with Gasteiger partial charge in [-0.1, -0.05) is 44.2 Å². The summed E-state index contributed by atoms with van der Waals surface area (Å²) in [7, 11) is 0. The fourth-order valence-corrected chi connectivity index (χ4v) is 2.14. The number of hydrogen-bond donors (Lipinski definition) is 2. The molecule has 2 rings (SSSR count). The molecule has 0 aliphatic rings. The van der Waals surface area contributed by atoms with E-state index in [0.29, 0.717) is 5.92 Å². The number of carbonyl (C=O) groups is 2. The zero-order chi connectivity index (χ0) is 20.0. The molecule has 0 heterocycles. The summed E-state index contributed by atoms with van der Waals surface area (Å²) in [5, 5.41) is 5.77. The summed E-state index contributed by atoms with van der Waals surface area (Å²) in [5.74, 6) is -1.83. The van der Waals surface area contributed by atoms with Gasteiger partial charge in [0.1, 0.15) is 0 Å². The number of hydrogen-bond acceptors (Lipinski definition) is 3. The largest absolute Gasteiger partial charge is 0.416 e. The standard InChI is InChI=1S/C19H18F3N3O2/c1-12(2)14-8-6-13(7-9-14)11-23-25-18(27)17(26)24-16-5-3-4-15(10-16)19(20,21)22/h3-12H,1-2H3,(H,24,26)(H,25,27)/b23-11+. The van der Waals surface area contributed by atoms with Gasteiger partial charge in [0.25, 0.3) is 0 Å². The Bertz CT molecular complexity index is 844. The Hall–Kier alpha value is -3.16. The van der Waals surface area contributed by atoms with E-state index in [0.717, 1.165) is 29.3 Å². The van der Waals surface area contributed by atoms with Gasteiger partial charge in [0.15, 0.2) is 0 Å². The minimum Gasteiger partial charge on any atom is -0.318 e. The fraction of sp³-hybridized carbons (Fsp3) is 0.211. The highest BCUT2D eigenvalue weighted by atomic mass is 19.4. The first-order valence-electron chi connectivity index (χ1n) is 8.08. The summed E-state index contributed by atoms with van der Waals surface area (Å²) in [4.78, 5) is 23.5. The normalized spacial score (nSPS) is 11.6. The molecule has 2 N–H and O–H groups in total. The molecule has 0 aliphatic heterocycles. The first kappa shape index (κ1) is 20.2. The van der Waals surface area contributed by atoms with Crippen LogP contribution in [0.2, 0.25) is 0 Å². The molecule has 0 aromatic heterocycles. The number of benzene rings is 2. The van der Waals surface area contributed by atoms with Crippen molar-refractivity contribution in [3.05, 3.63) is 65.2 Å². The van der Waals surface area contributed by atoms with E-state index in [9.17, 15) is 22.8 Å². The summed E-state index contributed by atoms with van der Waals surface area (Å²) in [6.07, 6.45) is -3.18. The molecule has 0 spiro atoms. The number of anilines is 1. The average Bonchev–Trinajstić information content (AvgIpc) is 2.61. The molecule has 5 nitrogen and oxygen atoms in total. The molecule has 2 amide bonds. The van der Waals surface area contributed by atoms with Crippen molar-refractivity contribution in [2.45, 2.75) is 25.9 Å². The third-order valence-corrected chi connectivity index (χ3v) is 3.64. The number of rotatable bonds is 4.